The van der Waals surface area contributed by atoms with E-state index < -0.39 is 0 Å². The highest BCUT2D eigenvalue weighted by Crippen LogP contribution is 2.32. The lowest BCUT2D eigenvalue weighted by atomic mass is 10.1. The molecule has 0 radical (unpaired) electrons. The van der Waals surface area contributed by atoms with E-state index in [0.717, 1.165) is 24.5 Å². The van der Waals surface area contributed by atoms with Gasteiger partial charge in [-0.1, -0.05) is 17.7 Å². The van der Waals surface area contributed by atoms with Gasteiger partial charge in [0.25, 0.3) is 0 Å². The summed E-state index contributed by atoms with van der Waals surface area (Å²) >= 11 is 0. The maximum absolute atomic E-state index is 12.6. The summed E-state index contributed by atoms with van der Waals surface area (Å²) in [6.45, 7) is 8.40. The smallest absolute Gasteiger partial charge is 0.321 e. The number of ether oxygens (including phenoxy) is 2. The van der Waals surface area contributed by atoms with Crippen molar-refractivity contribution in [2.24, 2.45) is 0 Å². The molecule has 0 unspecified atom stereocenters. The first kappa shape index (κ1) is 17.5. The third kappa shape index (κ3) is 3.79. The number of benzene rings is 2. The minimum Gasteiger partial charge on any atom is -0.486 e. The zero-order chi connectivity index (χ0) is 18.8. The van der Waals surface area contributed by atoms with Gasteiger partial charge in [0.1, 0.15) is 13.2 Å². The van der Waals surface area contributed by atoms with Gasteiger partial charge in [-0.05, 0) is 37.6 Å². The highest BCUT2D eigenvalue weighted by molar-refractivity contribution is 5.90. The van der Waals surface area contributed by atoms with Gasteiger partial charge in [0.15, 0.2) is 11.5 Å². The van der Waals surface area contributed by atoms with E-state index in [2.05, 4.69) is 42.3 Å². The third-order valence-electron chi connectivity index (χ3n) is 5.05. The minimum absolute atomic E-state index is 0.0769. The number of carbonyl (C=O) groups is 1. The van der Waals surface area contributed by atoms with Crippen LogP contribution in [-0.2, 0) is 0 Å². The van der Waals surface area contributed by atoms with E-state index in [4.69, 9.17) is 9.47 Å². The first-order valence-electron chi connectivity index (χ1n) is 9.38. The average molecular weight is 367 g/mol. The normalized spacial score (nSPS) is 16.2. The molecule has 2 amide bonds. The predicted molar refractivity (Wildman–Crippen MR) is 106 cm³/mol. The highest BCUT2D eigenvalue weighted by atomic mass is 16.6. The quantitative estimate of drug-likeness (QED) is 0.884. The molecule has 1 N–H and O–H groups in total. The van der Waals surface area contributed by atoms with Gasteiger partial charge in [0, 0.05) is 43.6 Å². The van der Waals surface area contributed by atoms with Gasteiger partial charge >= 0.3 is 6.03 Å². The fourth-order valence-electron chi connectivity index (χ4n) is 3.63. The van der Waals surface area contributed by atoms with E-state index in [9.17, 15) is 4.79 Å². The number of carbonyl (C=O) groups excluding carboxylic acids is 1. The van der Waals surface area contributed by atoms with Crippen LogP contribution in [0.5, 0.6) is 11.5 Å². The maximum atomic E-state index is 12.6. The molecular formula is C21H25N3O3. The Kier molecular flexibility index (Phi) is 4.79. The van der Waals surface area contributed by atoms with Crippen molar-refractivity contribution >= 4 is 17.4 Å². The van der Waals surface area contributed by atoms with Crippen molar-refractivity contribution < 1.29 is 14.3 Å². The molecule has 0 aliphatic carbocycles. The van der Waals surface area contributed by atoms with E-state index in [0.29, 0.717) is 32.1 Å². The molecule has 2 aliphatic heterocycles. The lowest BCUT2D eigenvalue weighted by molar-refractivity contribution is 0.171. The van der Waals surface area contributed by atoms with Gasteiger partial charge in [-0.2, -0.15) is 0 Å². The SMILES string of the molecule is Cc1ccc(N2CCN(C(=O)Nc3ccc4c(c3)OCCO4)CC2)c(C)c1. The Morgan fingerprint density at radius 2 is 1.67 bits per heavy atom. The Labute approximate surface area is 159 Å². The van der Waals surface area contributed by atoms with Gasteiger partial charge in [-0.3, -0.25) is 0 Å². The Balaban J connectivity index is 1.36. The topological polar surface area (TPSA) is 54.0 Å². The van der Waals surface area contributed by atoms with Crippen molar-refractivity contribution in [3.05, 3.63) is 47.5 Å². The number of nitrogens with one attached hydrogen (secondary N) is 1. The zero-order valence-corrected chi connectivity index (χ0v) is 15.8. The fraction of sp³-hybridized carbons (Fsp3) is 0.381. The van der Waals surface area contributed by atoms with Crippen LogP contribution in [0.2, 0.25) is 0 Å². The van der Waals surface area contributed by atoms with Crippen LogP contribution in [0.15, 0.2) is 36.4 Å². The van der Waals surface area contributed by atoms with Crippen molar-refractivity contribution in [2.75, 3.05) is 49.6 Å². The number of amides is 2. The Morgan fingerprint density at radius 1 is 0.926 bits per heavy atom. The number of anilines is 2. The van der Waals surface area contributed by atoms with E-state index in [-0.39, 0.29) is 6.03 Å². The summed E-state index contributed by atoms with van der Waals surface area (Å²) in [4.78, 5) is 16.8. The lowest BCUT2D eigenvalue weighted by Crippen LogP contribution is -2.50. The van der Waals surface area contributed by atoms with E-state index in [1.807, 2.05) is 23.1 Å². The van der Waals surface area contributed by atoms with Gasteiger partial charge in [0.2, 0.25) is 0 Å². The average Bonchev–Trinajstić information content (AvgIpc) is 2.68. The van der Waals surface area contributed by atoms with Crippen molar-refractivity contribution in [1.29, 1.82) is 0 Å². The molecule has 2 aromatic rings. The maximum Gasteiger partial charge on any atom is 0.321 e. The molecule has 0 aromatic heterocycles. The van der Waals surface area contributed by atoms with Crippen molar-refractivity contribution in [1.82, 2.24) is 4.90 Å². The van der Waals surface area contributed by atoms with Crippen molar-refractivity contribution in [2.45, 2.75) is 13.8 Å². The molecule has 0 saturated carbocycles. The molecule has 1 saturated heterocycles. The fourth-order valence-corrected chi connectivity index (χ4v) is 3.63. The van der Waals surface area contributed by atoms with Crippen LogP contribution in [0, 0.1) is 13.8 Å². The highest BCUT2D eigenvalue weighted by Gasteiger charge is 2.22. The summed E-state index contributed by atoms with van der Waals surface area (Å²) in [6, 6.07) is 11.9. The molecule has 6 heteroatoms. The second-order valence-corrected chi connectivity index (χ2v) is 7.05. The van der Waals surface area contributed by atoms with Crippen LogP contribution in [0.25, 0.3) is 0 Å². The van der Waals surface area contributed by atoms with Crippen molar-refractivity contribution in [3.63, 3.8) is 0 Å². The van der Waals surface area contributed by atoms with Crippen LogP contribution in [0.1, 0.15) is 11.1 Å². The summed E-state index contributed by atoms with van der Waals surface area (Å²) in [7, 11) is 0. The summed E-state index contributed by atoms with van der Waals surface area (Å²) in [5.41, 5.74) is 4.53. The number of hydrogen-bond acceptors (Lipinski definition) is 4. The number of aryl methyl sites for hydroxylation is 2. The van der Waals surface area contributed by atoms with Crippen LogP contribution >= 0.6 is 0 Å². The van der Waals surface area contributed by atoms with Crippen LogP contribution in [0.3, 0.4) is 0 Å². The van der Waals surface area contributed by atoms with E-state index in [1.54, 1.807) is 0 Å². The second kappa shape index (κ2) is 7.39. The third-order valence-corrected chi connectivity index (χ3v) is 5.05. The molecule has 0 spiro atoms. The van der Waals surface area contributed by atoms with E-state index in [1.165, 1.54) is 16.8 Å². The molecule has 2 aromatic carbocycles. The summed E-state index contributed by atoms with van der Waals surface area (Å²) in [6.07, 6.45) is 0. The molecule has 1 fully saturated rings. The van der Waals surface area contributed by atoms with E-state index >= 15 is 0 Å². The van der Waals surface area contributed by atoms with Gasteiger partial charge in [-0.25, -0.2) is 4.79 Å². The van der Waals surface area contributed by atoms with Crippen molar-refractivity contribution in [3.8, 4) is 11.5 Å². The second-order valence-electron chi connectivity index (χ2n) is 7.05. The molecule has 4 rings (SSSR count). The number of rotatable bonds is 2. The lowest BCUT2D eigenvalue weighted by Gasteiger charge is -2.36. The number of piperazine rings is 1. The Bertz CT molecular complexity index is 845. The molecule has 6 nitrogen and oxygen atoms in total. The first-order valence-corrected chi connectivity index (χ1v) is 9.38. The van der Waals surface area contributed by atoms with Crippen LogP contribution in [-0.4, -0.2) is 50.3 Å². The monoisotopic (exact) mass is 367 g/mol. The van der Waals surface area contributed by atoms with Gasteiger partial charge in [-0.15, -0.1) is 0 Å². The Morgan fingerprint density at radius 3 is 2.41 bits per heavy atom. The van der Waals surface area contributed by atoms with Crippen LogP contribution < -0.4 is 19.7 Å². The molecule has 2 aliphatic rings. The molecule has 0 bridgehead atoms. The van der Waals surface area contributed by atoms with Gasteiger partial charge in [0.05, 0.1) is 0 Å². The molecule has 0 atom stereocenters. The zero-order valence-electron chi connectivity index (χ0n) is 15.8. The number of hydrogen-bond donors (Lipinski definition) is 1. The first-order chi connectivity index (χ1) is 13.1. The summed E-state index contributed by atoms with van der Waals surface area (Å²) in [5, 5.41) is 2.97. The van der Waals surface area contributed by atoms with Crippen LogP contribution in [0.4, 0.5) is 16.2 Å². The molecular weight excluding hydrogens is 342 g/mol. The Hall–Kier alpha value is -2.89. The number of nitrogens with zero attached hydrogens (tertiary/aromatic N) is 2. The molecule has 142 valence electrons. The predicted octanol–water partition coefficient (Wildman–Crippen LogP) is 3.43. The number of fused-ring (bicyclic) bond motifs is 1. The number of urea groups is 1. The minimum atomic E-state index is -0.0769. The summed E-state index contributed by atoms with van der Waals surface area (Å²) < 4.78 is 11.1. The largest absolute Gasteiger partial charge is 0.486 e. The molecule has 2 heterocycles. The molecule has 27 heavy (non-hydrogen) atoms. The summed E-state index contributed by atoms with van der Waals surface area (Å²) in [5.74, 6) is 1.40. The standard InChI is InChI=1S/C21H25N3O3/c1-15-3-5-18(16(2)13-15)23-7-9-24(10-8-23)21(25)22-17-4-6-19-20(14-17)27-12-11-26-19/h3-6,13-14H,7-12H2,1-2H3,(H,22,25). The van der Waals surface area contributed by atoms with Gasteiger partial charge < -0.3 is 24.6 Å².